The second kappa shape index (κ2) is 9.23. The summed E-state index contributed by atoms with van der Waals surface area (Å²) in [5, 5.41) is 6.80. The summed E-state index contributed by atoms with van der Waals surface area (Å²) in [6, 6.07) is 0.841. The van der Waals surface area contributed by atoms with Crippen LogP contribution in [0.2, 0.25) is 0 Å². The van der Waals surface area contributed by atoms with E-state index in [4.69, 9.17) is 4.74 Å². The summed E-state index contributed by atoms with van der Waals surface area (Å²) in [4.78, 5) is 9.26. The molecule has 0 aromatic carbocycles. The van der Waals surface area contributed by atoms with Gasteiger partial charge in [0.2, 0.25) is 0 Å². The third kappa shape index (κ3) is 6.20. The average Bonchev–Trinajstić information content (AvgIpc) is 3.35. The van der Waals surface area contributed by atoms with Crippen LogP contribution in [0, 0.1) is 0 Å². The number of hydrogen-bond donors (Lipinski definition) is 2. The molecule has 21 heavy (non-hydrogen) atoms. The summed E-state index contributed by atoms with van der Waals surface area (Å²) in [7, 11) is 1.84. The Morgan fingerprint density at radius 1 is 1.24 bits per heavy atom. The van der Waals surface area contributed by atoms with Crippen molar-refractivity contribution in [2.75, 3.05) is 66.1 Å². The van der Waals surface area contributed by atoms with Crippen LogP contribution in [-0.4, -0.2) is 87.9 Å². The van der Waals surface area contributed by atoms with Crippen molar-refractivity contribution in [3.63, 3.8) is 0 Å². The minimum Gasteiger partial charge on any atom is -0.379 e. The molecule has 0 aromatic heterocycles. The van der Waals surface area contributed by atoms with Crippen molar-refractivity contribution in [3.05, 3.63) is 0 Å². The fraction of sp³-hybridized carbons (Fsp3) is 0.933. The first kappa shape index (κ1) is 16.5. The van der Waals surface area contributed by atoms with E-state index >= 15 is 0 Å². The van der Waals surface area contributed by atoms with Gasteiger partial charge in [0.15, 0.2) is 5.96 Å². The van der Waals surface area contributed by atoms with Gasteiger partial charge in [0.25, 0.3) is 0 Å². The first-order valence-corrected chi connectivity index (χ1v) is 8.32. The van der Waals surface area contributed by atoms with Crippen LogP contribution in [0.3, 0.4) is 0 Å². The number of aliphatic imine (C=N–C) groups is 1. The molecular weight excluding hydrogens is 266 g/mol. The highest BCUT2D eigenvalue weighted by Gasteiger charge is 2.27. The molecule has 0 amide bonds. The van der Waals surface area contributed by atoms with E-state index in [2.05, 4.69) is 32.3 Å². The first-order valence-electron chi connectivity index (χ1n) is 8.32. The van der Waals surface area contributed by atoms with Crippen LogP contribution in [0.4, 0.5) is 0 Å². The van der Waals surface area contributed by atoms with E-state index in [0.717, 1.165) is 71.0 Å². The van der Waals surface area contributed by atoms with Crippen molar-refractivity contribution in [1.82, 2.24) is 20.4 Å². The molecule has 2 rings (SSSR count). The van der Waals surface area contributed by atoms with Crippen molar-refractivity contribution >= 4 is 5.96 Å². The predicted molar refractivity (Wildman–Crippen MR) is 86.9 cm³/mol. The van der Waals surface area contributed by atoms with Gasteiger partial charge >= 0.3 is 0 Å². The summed E-state index contributed by atoms with van der Waals surface area (Å²) in [5.74, 6) is 0.912. The number of nitrogens with zero attached hydrogens (tertiary/aromatic N) is 3. The maximum Gasteiger partial charge on any atom is 0.191 e. The predicted octanol–water partition coefficient (Wildman–Crippen LogP) is -0.0321. The summed E-state index contributed by atoms with van der Waals surface area (Å²) < 4.78 is 5.36. The topological polar surface area (TPSA) is 52.1 Å². The monoisotopic (exact) mass is 297 g/mol. The number of rotatable bonds is 8. The second-order valence-electron chi connectivity index (χ2n) is 5.74. The third-order valence-corrected chi connectivity index (χ3v) is 4.21. The van der Waals surface area contributed by atoms with E-state index in [1.165, 1.54) is 12.8 Å². The van der Waals surface area contributed by atoms with E-state index in [1.54, 1.807) is 0 Å². The van der Waals surface area contributed by atoms with Crippen LogP contribution in [-0.2, 0) is 4.74 Å². The summed E-state index contributed by atoms with van der Waals surface area (Å²) in [6.07, 6.45) is 2.75. The summed E-state index contributed by atoms with van der Waals surface area (Å²) in [6.45, 7) is 11.2. The second-order valence-corrected chi connectivity index (χ2v) is 5.74. The number of likely N-dealkylation sites (N-methyl/N-ethyl adjacent to an activating group) is 1. The van der Waals surface area contributed by atoms with Gasteiger partial charge in [0.05, 0.1) is 13.2 Å². The van der Waals surface area contributed by atoms with Gasteiger partial charge in [-0.05, 0) is 19.4 Å². The molecule has 0 spiro atoms. The van der Waals surface area contributed by atoms with E-state index in [0.29, 0.717) is 0 Å². The molecular formula is C15H31N5O. The first-order chi connectivity index (χ1) is 10.3. The van der Waals surface area contributed by atoms with Crippen LogP contribution in [0.25, 0.3) is 0 Å². The Labute approximate surface area is 128 Å². The lowest BCUT2D eigenvalue weighted by molar-refractivity contribution is 0.0389. The van der Waals surface area contributed by atoms with Crippen molar-refractivity contribution in [3.8, 4) is 0 Å². The maximum atomic E-state index is 5.36. The van der Waals surface area contributed by atoms with Crippen molar-refractivity contribution in [2.45, 2.75) is 25.8 Å². The zero-order valence-electron chi connectivity index (χ0n) is 13.6. The van der Waals surface area contributed by atoms with Gasteiger partial charge in [0.1, 0.15) is 0 Å². The van der Waals surface area contributed by atoms with Crippen LogP contribution in [0.15, 0.2) is 4.99 Å². The van der Waals surface area contributed by atoms with Crippen LogP contribution in [0.5, 0.6) is 0 Å². The molecule has 0 radical (unpaired) electrons. The van der Waals surface area contributed by atoms with Crippen molar-refractivity contribution in [1.29, 1.82) is 0 Å². The number of morpholine rings is 1. The molecule has 1 saturated heterocycles. The van der Waals surface area contributed by atoms with Crippen LogP contribution >= 0.6 is 0 Å². The van der Waals surface area contributed by atoms with Gasteiger partial charge in [0, 0.05) is 52.4 Å². The normalized spacial score (nSPS) is 20.8. The summed E-state index contributed by atoms with van der Waals surface area (Å²) >= 11 is 0. The molecule has 1 aliphatic heterocycles. The highest BCUT2D eigenvalue weighted by atomic mass is 16.5. The van der Waals surface area contributed by atoms with Crippen molar-refractivity contribution < 1.29 is 4.74 Å². The van der Waals surface area contributed by atoms with Gasteiger partial charge in [-0.15, -0.1) is 0 Å². The standard InChI is InChI=1S/C15H31N5O/c1-3-20(14-4-5-14)9-7-18-15(16-2)17-6-8-19-10-12-21-13-11-19/h14H,3-13H2,1-2H3,(H2,16,17,18). The summed E-state index contributed by atoms with van der Waals surface area (Å²) in [5.41, 5.74) is 0. The van der Waals surface area contributed by atoms with Crippen LogP contribution in [0.1, 0.15) is 19.8 Å². The molecule has 2 N–H and O–H groups in total. The van der Waals surface area contributed by atoms with Gasteiger partial charge in [-0.3, -0.25) is 14.8 Å². The average molecular weight is 297 g/mol. The molecule has 2 fully saturated rings. The number of guanidine groups is 1. The quantitative estimate of drug-likeness (QED) is 0.487. The largest absolute Gasteiger partial charge is 0.379 e. The Morgan fingerprint density at radius 3 is 2.57 bits per heavy atom. The zero-order chi connectivity index (χ0) is 14.9. The molecule has 6 heteroatoms. The molecule has 1 saturated carbocycles. The van der Waals surface area contributed by atoms with E-state index in [1.807, 2.05) is 7.05 Å². The van der Waals surface area contributed by atoms with E-state index in [9.17, 15) is 0 Å². The highest BCUT2D eigenvalue weighted by Crippen LogP contribution is 2.25. The Hall–Kier alpha value is -0.850. The smallest absolute Gasteiger partial charge is 0.191 e. The fourth-order valence-electron chi connectivity index (χ4n) is 2.73. The molecule has 2 aliphatic rings. The van der Waals surface area contributed by atoms with Gasteiger partial charge in [-0.25, -0.2) is 0 Å². The number of hydrogen-bond acceptors (Lipinski definition) is 4. The molecule has 122 valence electrons. The Morgan fingerprint density at radius 2 is 1.95 bits per heavy atom. The van der Waals surface area contributed by atoms with Gasteiger partial charge < -0.3 is 15.4 Å². The highest BCUT2D eigenvalue weighted by molar-refractivity contribution is 5.79. The van der Waals surface area contributed by atoms with Crippen LogP contribution < -0.4 is 10.6 Å². The molecule has 1 heterocycles. The zero-order valence-corrected chi connectivity index (χ0v) is 13.6. The van der Waals surface area contributed by atoms with E-state index in [-0.39, 0.29) is 0 Å². The molecule has 0 atom stereocenters. The maximum absolute atomic E-state index is 5.36. The fourth-order valence-corrected chi connectivity index (χ4v) is 2.73. The SMILES string of the molecule is CCN(CCNC(=NC)NCCN1CCOCC1)C1CC1. The number of nitrogens with one attached hydrogen (secondary N) is 2. The Balaban J connectivity index is 1.54. The molecule has 0 unspecified atom stereocenters. The van der Waals surface area contributed by atoms with Crippen molar-refractivity contribution in [2.24, 2.45) is 4.99 Å². The molecule has 6 nitrogen and oxygen atoms in total. The minimum atomic E-state index is 0.841. The lowest BCUT2D eigenvalue weighted by atomic mass is 10.4. The molecule has 1 aliphatic carbocycles. The van der Waals surface area contributed by atoms with E-state index < -0.39 is 0 Å². The lowest BCUT2D eigenvalue weighted by Gasteiger charge is -2.27. The Kier molecular flexibility index (Phi) is 7.26. The molecule has 0 bridgehead atoms. The third-order valence-electron chi connectivity index (χ3n) is 4.21. The molecule has 0 aromatic rings. The minimum absolute atomic E-state index is 0.841. The van der Waals surface area contributed by atoms with Gasteiger partial charge in [-0.2, -0.15) is 0 Å². The van der Waals surface area contributed by atoms with Gasteiger partial charge in [-0.1, -0.05) is 6.92 Å². The Bertz CT molecular complexity index is 313. The lowest BCUT2D eigenvalue weighted by Crippen LogP contribution is -2.46. The number of ether oxygens (including phenoxy) is 1.